The molecule has 1 atom stereocenters. The predicted molar refractivity (Wildman–Crippen MR) is 117 cm³/mol. The zero-order chi connectivity index (χ0) is 22.1. The van der Waals surface area contributed by atoms with Crippen LogP contribution in [0.5, 0.6) is 5.88 Å². The van der Waals surface area contributed by atoms with Gasteiger partial charge in [0.05, 0.1) is 10.7 Å². The molecule has 0 saturated carbocycles. The summed E-state index contributed by atoms with van der Waals surface area (Å²) in [5.74, 6) is -0.797. The van der Waals surface area contributed by atoms with Gasteiger partial charge >= 0.3 is 6.03 Å². The number of carbonyl (C=O) groups is 3. The Bertz CT molecular complexity index is 1210. The van der Waals surface area contributed by atoms with Gasteiger partial charge < -0.3 is 20.3 Å². The van der Waals surface area contributed by atoms with E-state index in [4.69, 9.17) is 23.2 Å². The Hall–Kier alpha value is -3.23. The van der Waals surface area contributed by atoms with Crippen molar-refractivity contribution in [1.29, 1.82) is 0 Å². The summed E-state index contributed by atoms with van der Waals surface area (Å²) < 4.78 is 1.47. The molecular weight excluding hydrogens is 443 g/mol. The lowest BCUT2D eigenvalue weighted by molar-refractivity contribution is -0.135. The summed E-state index contributed by atoms with van der Waals surface area (Å²) in [4.78, 5) is 35.7. The van der Waals surface area contributed by atoms with E-state index in [-0.39, 0.29) is 24.8 Å². The van der Waals surface area contributed by atoms with E-state index in [1.165, 1.54) is 10.6 Å². The number of rotatable bonds is 4. The zero-order valence-electron chi connectivity index (χ0n) is 16.1. The number of aromatic hydroxyl groups is 1. The highest BCUT2D eigenvalue weighted by Crippen LogP contribution is 2.33. The van der Waals surface area contributed by atoms with Crippen molar-refractivity contribution in [2.75, 3.05) is 5.32 Å². The van der Waals surface area contributed by atoms with E-state index >= 15 is 0 Å². The Kier molecular flexibility index (Phi) is 5.75. The first-order valence-corrected chi connectivity index (χ1v) is 10.2. The Labute approximate surface area is 187 Å². The molecule has 160 valence electrons. The fourth-order valence-corrected chi connectivity index (χ4v) is 3.96. The molecule has 2 heterocycles. The third kappa shape index (κ3) is 4.45. The Morgan fingerprint density at radius 1 is 1.19 bits per heavy atom. The van der Waals surface area contributed by atoms with Crippen LogP contribution in [0.1, 0.15) is 24.4 Å². The molecule has 0 spiro atoms. The number of fused-ring (bicyclic) bond motifs is 1. The summed E-state index contributed by atoms with van der Waals surface area (Å²) in [6, 6.07) is 8.98. The number of anilines is 1. The van der Waals surface area contributed by atoms with Gasteiger partial charge in [-0.05, 0) is 42.3 Å². The lowest BCUT2D eigenvalue weighted by Gasteiger charge is -2.22. The maximum Gasteiger partial charge on any atom is 0.319 e. The second-order valence-corrected chi connectivity index (χ2v) is 8.02. The third-order valence-electron chi connectivity index (χ3n) is 5.06. The number of urea groups is 1. The number of carbonyl (C=O) groups excluding carboxylic acids is 3. The fourth-order valence-electron chi connectivity index (χ4n) is 3.51. The van der Waals surface area contributed by atoms with Crippen LogP contribution in [-0.2, 0) is 16.1 Å². The minimum absolute atomic E-state index is 0.0425. The molecule has 1 aromatic heterocycles. The summed E-state index contributed by atoms with van der Waals surface area (Å²) in [6.07, 6.45) is 2.20. The Morgan fingerprint density at radius 2 is 2.00 bits per heavy atom. The minimum atomic E-state index is -0.651. The molecule has 0 radical (unpaired) electrons. The SMILES string of the molecule is O=C1CCC(n2cc3cc(CNC(=O)Nc4ccc(Cl)cc4Cl)ccc3c2O)C(=O)N1. The van der Waals surface area contributed by atoms with Gasteiger partial charge in [-0.2, -0.15) is 0 Å². The summed E-state index contributed by atoms with van der Waals surface area (Å²) in [5.41, 5.74) is 1.23. The molecule has 1 fully saturated rings. The van der Waals surface area contributed by atoms with E-state index in [0.29, 0.717) is 32.9 Å². The van der Waals surface area contributed by atoms with Crippen LogP contribution in [0, 0.1) is 0 Å². The van der Waals surface area contributed by atoms with Crippen LogP contribution in [-0.4, -0.2) is 27.5 Å². The minimum Gasteiger partial charge on any atom is -0.494 e. The van der Waals surface area contributed by atoms with Crippen molar-refractivity contribution in [3.63, 3.8) is 0 Å². The summed E-state index contributed by atoms with van der Waals surface area (Å²) >= 11 is 11.9. The highest BCUT2D eigenvalue weighted by Gasteiger charge is 2.30. The van der Waals surface area contributed by atoms with Gasteiger partial charge in [0.2, 0.25) is 11.8 Å². The predicted octanol–water partition coefficient (Wildman–Crippen LogP) is 3.95. The maximum absolute atomic E-state index is 12.2. The number of benzene rings is 2. The summed E-state index contributed by atoms with van der Waals surface area (Å²) in [5, 5.41) is 20.3. The molecule has 1 unspecified atom stereocenters. The highest BCUT2D eigenvalue weighted by molar-refractivity contribution is 6.36. The van der Waals surface area contributed by atoms with Gasteiger partial charge in [-0.3, -0.25) is 14.9 Å². The van der Waals surface area contributed by atoms with Gasteiger partial charge in [0.1, 0.15) is 6.04 Å². The molecule has 1 saturated heterocycles. The van der Waals surface area contributed by atoms with Crippen LogP contribution in [0.15, 0.2) is 42.6 Å². The van der Waals surface area contributed by atoms with Crippen LogP contribution in [0.3, 0.4) is 0 Å². The standard InChI is InChI=1S/C21H18Cl2N4O4/c22-13-2-4-16(15(23)8-13)25-21(31)24-9-11-1-3-14-12(7-11)10-27(20(14)30)17-5-6-18(28)26-19(17)29/h1-4,7-8,10,17,30H,5-6,9H2,(H2,24,25,31)(H,26,28,29). The number of hydrogen-bond acceptors (Lipinski definition) is 4. The van der Waals surface area contributed by atoms with E-state index < -0.39 is 18.0 Å². The van der Waals surface area contributed by atoms with Crippen LogP contribution in [0.4, 0.5) is 10.5 Å². The molecule has 1 aliphatic heterocycles. The topological polar surface area (TPSA) is 112 Å². The average molecular weight is 461 g/mol. The lowest BCUT2D eigenvalue weighted by atomic mass is 10.1. The van der Waals surface area contributed by atoms with Crippen molar-refractivity contribution in [1.82, 2.24) is 15.2 Å². The molecule has 4 rings (SSSR count). The number of nitrogens with one attached hydrogen (secondary N) is 3. The van der Waals surface area contributed by atoms with Gasteiger partial charge in [-0.25, -0.2) is 4.79 Å². The smallest absolute Gasteiger partial charge is 0.319 e. The van der Waals surface area contributed by atoms with E-state index in [9.17, 15) is 19.5 Å². The maximum atomic E-state index is 12.2. The zero-order valence-corrected chi connectivity index (χ0v) is 17.6. The van der Waals surface area contributed by atoms with Gasteiger partial charge in [0.15, 0.2) is 5.88 Å². The first-order valence-electron chi connectivity index (χ1n) is 9.48. The number of amides is 4. The number of hydrogen-bond donors (Lipinski definition) is 4. The van der Waals surface area contributed by atoms with Crippen LogP contribution in [0.2, 0.25) is 10.0 Å². The van der Waals surface area contributed by atoms with Crippen LogP contribution in [0.25, 0.3) is 10.8 Å². The van der Waals surface area contributed by atoms with E-state index in [1.807, 2.05) is 6.07 Å². The van der Waals surface area contributed by atoms with Crippen molar-refractivity contribution < 1.29 is 19.5 Å². The van der Waals surface area contributed by atoms with E-state index in [2.05, 4.69) is 16.0 Å². The summed E-state index contributed by atoms with van der Waals surface area (Å²) in [6.45, 7) is 0.233. The molecule has 10 heteroatoms. The Morgan fingerprint density at radius 3 is 2.74 bits per heavy atom. The number of halogens is 2. The van der Waals surface area contributed by atoms with Crippen molar-refractivity contribution in [3.05, 3.63) is 58.2 Å². The molecule has 8 nitrogen and oxygen atoms in total. The van der Waals surface area contributed by atoms with Crippen LogP contribution < -0.4 is 16.0 Å². The highest BCUT2D eigenvalue weighted by atomic mass is 35.5. The molecule has 31 heavy (non-hydrogen) atoms. The van der Waals surface area contributed by atoms with Crippen molar-refractivity contribution in [3.8, 4) is 5.88 Å². The third-order valence-corrected chi connectivity index (χ3v) is 5.61. The second kappa shape index (κ2) is 8.49. The number of piperidine rings is 1. The van der Waals surface area contributed by atoms with Crippen molar-refractivity contribution >= 4 is 57.5 Å². The monoisotopic (exact) mass is 460 g/mol. The lowest BCUT2D eigenvalue weighted by Crippen LogP contribution is -2.41. The molecule has 3 aromatic rings. The van der Waals surface area contributed by atoms with Crippen molar-refractivity contribution in [2.24, 2.45) is 0 Å². The molecule has 4 N–H and O–H groups in total. The van der Waals surface area contributed by atoms with E-state index in [1.54, 1.807) is 30.5 Å². The van der Waals surface area contributed by atoms with E-state index in [0.717, 1.165) is 5.56 Å². The number of aromatic nitrogens is 1. The van der Waals surface area contributed by atoms with Crippen LogP contribution >= 0.6 is 23.2 Å². The molecule has 0 aliphatic carbocycles. The quantitative estimate of drug-likeness (QED) is 0.441. The van der Waals surface area contributed by atoms with Gasteiger partial charge in [-0.15, -0.1) is 0 Å². The molecule has 1 aliphatic rings. The number of imide groups is 1. The fraction of sp³-hybridized carbons (Fsp3) is 0.190. The first-order chi connectivity index (χ1) is 14.8. The summed E-state index contributed by atoms with van der Waals surface area (Å²) in [7, 11) is 0. The first kappa shape index (κ1) is 21.0. The largest absolute Gasteiger partial charge is 0.494 e. The Balaban J connectivity index is 1.46. The normalized spacial score (nSPS) is 16.3. The molecule has 0 bridgehead atoms. The van der Waals surface area contributed by atoms with Gasteiger partial charge in [0, 0.05) is 35.0 Å². The molecule has 2 aromatic carbocycles. The van der Waals surface area contributed by atoms with Gasteiger partial charge in [-0.1, -0.05) is 29.3 Å². The molecular formula is C21H18Cl2N4O4. The average Bonchev–Trinajstić information content (AvgIpc) is 3.04. The molecule has 4 amide bonds. The second-order valence-electron chi connectivity index (χ2n) is 7.18. The number of nitrogens with zero attached hydrogens (tertiary/aromatic N) is 1. The van der Waals surface area contributed by atoms with Crippen molar-refractivity contribution in [2.45, 2.75) is 25.4 Å². The van der Waals surface area contributed by atoms with Gasteiger partial charge in [0.25, 0.3) is 0 Å².